The van der Waals surface area contributed by atoms with Gasteiger partial charge in [0, 0.05) is 6.54 Å². The van der Waals surface area contributed by atoms with Crippen molar-refractivity contribution < 1.29 is 30.3 Å². The number of rotatable bonds is 7. The molecule has 4 atom stereocenters. The Balaban J connectivity index is 4.53. The Morgan fingerprint density at radius 3 is 2.06 bits per heavy atom. The van der Waals surface area contributed by atoms with Crippen LogP contribution in [0.15, 0.2) is 0 Å². The second kappa shape index (κ2) is 7.62. The first-order valence-electron chi connectivity index (χ1n) is 5.61. The summed E-state index contributed by atoms with van der Waals surface area (Å²) in [7, 11) is 0. The molecule has 0 saturated carbocycles. The number of hydrogen-bond donors (Lipinski definition) is 6. The third kappa shape index (κ3) is 4.84. The third-order valence-electron chi connectivity index (χ3n) is 2.35. The summed E-state index contributed by atoms with van der Waals surface area (Å²) in [5, 5.41) is 46.7. The molecule has 0 aromatic carbocycles. The molecule has 0 spiro atoms. The van der Waals surface area contributed by atoms with Crippen LogP contribution in [0.2, 0.25) is 0 Å². The molecule has 0 rings (SSSR count). The Labute approximate surface area is 105 Å². The molecule has 0 saturated heterocycles. The van der Waals surface area contributed by atoms with E-state index in [1.807, 2.05) is 0 Å². The lowest BCUT2D eigenvalue weighted by atomic mass is 10.0. The fraction of sp³-hybridized carbons (Fsp3) is 0.900. The zero-order valence-electron chi connectivity index (χ0n) is 10.5. The second-order valence-electron chi connectivity index (χ2n) is 4.56. The molecule has 0 aromatic rings. The van der Waals surface area contributed by atoms with Gasteiger partial charge in [-0.1, -0.05) is 13.8 Å². The molecule has 0 aliphatic carbocycles. The van der Waals surface area contributed by atoms with Gasteiger partial charge in [0.15, 0.2) is 6.10 Å². The summed E-state index contributed by atoms with van der Waals surface area (Å²) < 4.78 is 0. The molecule has 0 fully saturated rings. The maximum absolute atomic E-state index is 11.6. The van der Waals surface area contributed by atoms with Crippen molar-refractivity contribution in [2.75, 3.05) is 13.2 Å². The number of carbonyl (C=O) groups excluding carboxylic acids is 1. The molecule has 0 radical (unpaired) electrons. The summed E-state index contributed by atoms with van der Waals surface area (Å²) in [6.45, 7) is 2.97. The molecule has 8 heteroatoms. The third-order valence-corrected chi connectivity index (χ3v) is 2.35. The molecule has 0 unspecified atom stereocenters. The number of nitrogens with zero attached hydrogens (tertiary/aromatic N) is 1. The van der Waals surface area contributed by atoms with E-state index in [0.29, 0.717) is 0 Å². The van der Waals surface area contributed by atoms with Gasteiger partial charge in [0.2, 0.25) is 0 Å². The predicted octanol–water partition coefficient (Wildman–Crippen LogP) is -3.22. The second-order valence-corrected chi connectivity index (χ2v) is 4.56. The van der Waals surface area contributed by atoms with Gasteiger partial charge in [-0.25, -0.2) is 5.84 Å². The standard InChI is InChI=1S/C10H22N2O6/c1-5(2)3-12(11)10(18)9(17)8(16)7(15)6(14)4-13/h5-9,13-17H,3-4,11H2,1-2H3/t6-,7-,8+,9-/m1/s1. The highest BCUT2D eigenvalue weighted by Crippen LogP contribution is 2.07. The summed E-state index contributed by atoms with van der Waals surface area (Å²) in [5.74, 6) is 4.48. The average Bonchev–Trinajstić information content (AvgIpc) is 2.33. The molecule has 0 aromatic heterocycles. The Kier molecular flexibility index (Phi) is 7.29. The van der Waals surface area contributed by atoms with Crippen LogP contribution in [0.4, 0.5) is 0 Å². The van der Waals surface area contributed by atoms with Crippen LogP contribution >= 0.6 is 0 Å². The normalized spacial score (nSPS) is 18.3. The van der Waals surface area contributed by atoms with Crippen molar-refractivity contribution in [1.82, 2.24) is 5.01 Å². The highest BCUT2D eigenvalue weighted by Gasteiger charge is 2.35. The molecule has 18 heavy (non-hydrogen) atoms. The van der Waals surface area contributed by atoms with Gasteiger partial charge in [-0.15, -0.1) is 0 Å². The van der Waals surface area contributed by atoms with Gasteiger partial charge >= 0.3 is 0 Å². The van der Waals surface area contributed by atoms with Crippen molar-refractivity contribution in [2.24, 2.45) is 11.8 Å². The number of hydrogen-bond acceptors (Lipinski definition) is 7. The lowest BCUT2D eigenvalue weighted by Gasteiger charge is -2.28. The van der Waals surface area contributed by atoms with Gasteiger partial charge < -0.3 is 25.5 Å². The zero-order valence-corrected chi connectivity index (χ0v) is 10.5. The minimum atomic E-state index is -1.97. The van der Waals surface area contributed by atoms with Crippen LogP contribution < -0.4 is 5.84 Å². The molecule has 0 aliphatic rings. The van der Waals surface area contributed by atoms with E-state index < -0.39 is 36.9 Å². The minimum Gasteiger partial charge on any atom is -0.394 e. The largest absolute Gasteiger partial charge is 0.394 e. The van der Waals surface area contributed by atoms with Gasteiger partial charge in [0.1, 0.15) is 18.3 Å². The highest BCUT2D eigenvalue weighted by atomic mass is 16.4. The number of nitrogens with two attached hydrogens (primary N) is 1. The maximum atomic E-state index is 11.6. The molecule has 0 bridgehead atoms. The van der Waals surface area contributed by atoms with E-state index in [1.54, 1.807) is 13.8 Å². The van der Waals surface area contributed by atoms with Gasteiger partial charge in [-0.3, -0.25) is 9.80 Å². The number of amides is 1. The summed E-state index contributed by atoms with van der Waals surface area (Å²) >= 11 is 0. The van der Waals surface area contributed by atoms with Crippen LogP contribution in [-0.4, -0.2) is 74.0 Å². The first-order chi connectivity index (χ1) is 8.22. The molecular formula is C10H22N2O6. The van der Waals surface area contributed by atoms with Gasteiger partial charge in [-0.05, 0) is 5.92 Å². The van der Waals surface area contributed by atoms with Crippen LogP contribution in [0.5, 0.6) is 0 Å². The topological polar surface area (TPSA) is 147 Å². The van der Waals surface area contributed by atoms with E-state index >= 15 is 0 Å². The number of hydrazine groups is 1. The first kappa shape index (κ1) is 17.2. The van der Waals surface area contributed by atoms with Gasteiger partial charge in [0.05, 0.1) is 6.61 Å². The van der Waals surface area contributed by atoms with Crippen LogP contribution in [0, 0.1) is 5.92 Å². The highest BCUT2D eigenvalue weighted by molar-refractivity contribution is 5.80. The van der Waals surface area contributed by atoms with Crippen molar-refractivity contribution in [1.29, 1.82) is 0 Å². The SMILES string of the molecule is CC(C)CN(N)C(=O)[C@H](O)[C@@H](O)[C@H](O)[C@H](O)CO. The monoisotopic (exact) mass is 266 g/mol. The fourth-order valence-electron chi connectivity index (χ4n) is 1.32. The summed E-state index contributed by atoms with van der Waals surface area (Å²) in [6, 6.07) is 0. The first-order valence-corrected chi connectivity index (χ1v) is 5.61. The Bertz CT molecular complexity index is 263. The Hall–Kier alpha value is -0.770. The van der Waals surface area contributed by atoms with Crippen LogP contribution in [-0.2, 0) is 4.79 Å². The van der Waals surface area contributed by atoms with E-state index in [0.717, 1.165) is 5.01 Å². The lowest BCUT2D eigenvalue weighted by molar-refractivity contribution is -0.159. The van der Waals surface area contributed by atoms with Crippen molar-refractivity contribution in [3.05, 3.63) is 0 Å². The minimum absolute atomic E-state index is 0.0660. The van der Waals surface area contributed by atoms with Crippen molar-refractivity contribution in [2.45, 2.75) is 38.3 Å². The van der Waals surface area contributed by atoms with E-state index in [1.165, 1.54) is 0 Å². The van der Waals surface area contributed by atoms with Gasteiger partial charge in [0.25, 0.3) is 5.91 Å². The fourth-order valence-corrected chi connectivity index (χ4v) is 1.32. The number of aliphatic hydroxyl groups excluding tert-OH is 5. The number of carbonyl (C=O) groups is 1. The molecule has 7 N–H and O–H groups in total. The van der Waals surface area contributed by atoms with Gasteiger partial charge in [-0.2, -0.15) is 0 Å². The predicted molar refractivity (Wildman–Crippen MR) is 61.9 cm³/mol. The van der Waals surface area contributed by atoms with Crippen molar-refractivity contribution in [3.8, 4) is 0 Å². The molecule has 0 heterocycles. The summed E-state index contributed by atoms with van der Waals surface area (Å²) in [4.78, 5) is 11.6. The van der Waals surface area contributed by atoms with Crippen molar-refractivity contribution >= 4 is 5.91 Å². The molecule has 8 nitrogen and oxygen atoms in total. The number of aliphatic hydroxyl groups is 5. The summed E-state index contributed by atoms with van der Waals surface area (Å²) in [6.07, 6.45) is -7.40. The Morgan fingerprint density at radius 2 is 1.67 bits per heavy atom. The summed E-state index contributed by atoms with van der Waals surface area (Å²) in [5.41, 5.74) is 0. The molecule has 108 valence electrons. The van der Waals surface area contributed by atoms with E-state index in [4.69, 9.17) is 16.1 Å². The van der Waals surface area contributed by atoms with Crippen LogP contribution in [0.25, 0.3) is 0 Å². The van der Waals surface area contributed by atoms with Crippen LogP contribution in [0.1, 0.15) is 13.8 Å². The average molecular weight is 266 g/mol. The zero-order chi connectivity index (χ0) is 14.5. The van der Waals surface area contributed by atoms with Crippen molar-refractivity contribution in [3.63, 3.8) is 0 Å². The lowest BCUT2D eigenvalue weighted by Crippen LogP contribution is -2.54. The maximum Gasteiger partial charge on any atom is 0.268 e. The quantitative estimate of drug-likeness (QED) is 0.161. The smallest absolute Gasteiger partial charge is 0.268 e. The van der Waals surface area contributed by atoms with Crippen LogP contribution in [0.3, 0.4) is 0 Å². The van der Waals surface area contributed by atoms with E-state index in [9.17, 15) is 20.1 Å². The molecule has 0 aliphatic heterocycles. The Morgan fingerprint density at radius 1 is 1.17 bits per heavy atom. The molecule has 1 amide bonds. The van der Waals surface area contributed by atoms with E-state index in [2.05, 4.69) is 0 Å². The van der Waals surface area contributed by atoms with E-state index in [-0.39, 0.29) is 12.5 Å². The molecular weight excluding hydrogens is 244 g/mol.